The van der Waals surface area contributed by atoms with Crippen LogP contribution in [0.5, 0.6) is 5.75 Å². The van der Waals surface area contributed by atoms with Crippen molar-refractivity contribution in [2.45, 2.75) is 58.1 Å². The predicted molar refractivity (Wildman–Crippen MR) is 131 cm³/mol. The number of rotatable bonds is 5. The maximum Gasteiger partial charge on any atom is 0.317 e. The maximum absolute atomic E-state index is 12.6. The molecule has 2 amide bonds. The first-order chi connectivity index (χ1) is 16.5. The molecule has 0 radical (unpaired) electrons. The Labute approximate surface area is 200 Å². The molecule has 1 saturated heterocycles. The fourth-order valence-electron chi connectivity index (χ4n) is 5.05. The molecule has 7 heteroatoms. The number of urea groups is 1. The Morgan fingerprint density at radius 1 is 1.18 bits per heavy atom. The summed E-state index contributed by atoms with van der Waals surface area (Å²) in [6, 6.07) is 14.2. The fourth-order valence-corrected chi connectivity index (χ4v) is 5.05. The number of hydrogen-bond donors (Lipinski definition) is 1. The number of nitrogens with one attached hydrogen (secondary N) is 1. The van der Waals surface area contributed by atoms with Gasteiger partial charge in [0.15, 0.2) is 0 Å². The second kappa shape index (κ2) is 9.30. The van der Waals surface area contributed by atoms with Crippen LogP contribution in [0, 0.1) is 11.3 Å². The van der Waals surface area contributed by atoms with Gasteiger partial charge >= 0.3 is 6.03 Å². The van der Waals surface area contributed by atoms with Crippen LogP contribution in [0.3, 0.4) is 0 Å². The molecule has 1 fully saturated rings. The first-order valence-corrected chi connectivity index (χ1v) is 12.1. The lowest BCUT2D eigenvalue weighted by atomic mass is 9.94. The summed E-state index contributed by atoms with van der Waals surface area (Å²) in [5, 5.41) is 21.8. The zero-order chi connectivity index (χ0) is 23.7. The van der Waals surface area contributed by atoms with Gasteiger partial charge in [-0.3, -0.25) is 0 Å². The summed E-state index contributed by atoms with van der Waals surface area (Å²) >= 11 is 0. The van der Waals surface area contributed by atoms with Crippen molar-refractivity contribution < 1.29 is 9.53 Å². The number of ether oxygens (including phenoxy) is 1. The number of carbonyl (C=O) groups is 1. The van der Waals surface area contributed by atoms with Crippen LogP contribution < -0.4 is 10.1 Å². The van der Waals surface area contributed by atoms with Crippen molar-refractivity contribution in [3.05, 3.63) is 64.2 Å². The van der Waals surface area contributed by atoms with E-state index in [0.29, 0.717) is 17.7 Å². The molecule has 0 bridgehead atoms. The van der Waals surface area contributed by atoms with E-state index in [1.54, 1.807) is 0 Å². The third-order valence-electron chi connectivity index (χ3n) is 6.69. The van der Waals surface area contributed by atoms with Crippen LogP contribution in [-0.4, -0.2) is 41.5 Å². The van der Waals surface area contributed by atoms with Gasteiger partial charge in [0, 0.05) is 25.1 Å². The van der Waals surface area contributed by atoms with E-state index in [0.717, 1.165) is 61.3 Å². The SMILES string of the molecule is CC(C)Oc1ccc(C2=NN=C(c3cccc4c3CCC4NC(=O)N3CCCC3)C2)cc1C#N. The number of fused-ring (bicyclic) bond motifs is 1. The highest BCUT2D eigenvalue weighted by molar-refractivity contribution is 6.20. The minimum Gasteiger partial charge on any atom is -0.490 e. The molecule has 174 valence electrons. The fraction of sp³-hybridized carbons (Fsp3) is 0.407. The molecule has 5 rings (SSSR count). The summed E-state index contributed by atoms with van der Waals surface area (Å²) in [4.78, 5) is 14.5. The van der Waals surface area contributed by atoms with Gasteiger partial charge in [-0.05, 0) is 74.4 Å². The summed E-state index contributed by atoms with van der Waals surface area (Å²) in [5.41, 5.74) is 6.70. The van der Waals surface area contributed by atoms with Crippen molar-refractivity contribution in [2.75, 3.05) is 13.1 Å². The summed E-state index contributed by atoms with van der Waals surface area (Å²) in [5.74, 6) is 0.587. The van der Waals surface area contributed by atoms with Crippen LogP contribution in [0.25, 0.3) is 0 Å². The van der Waals surface area contributed by atoms with Gasteiger partial charge in [-0.15, -0.1) is 0 Å². The summed E-state index contributed by atoms with van der Waals surface area (Å²) in [7, 11) is 0. The van der Waals surface area contributed by atoms with Crippen molar-refractivity contribution in [3.8, 4) is 11.8 Å². The van der Waals surface area contributed by atoms with Gasteiger partial charge in [0.25, 0.3) is 0 Å². The first-order valence-electron chi connectivity index (χ1n) is 12.1. The average molecular weight is 456 g/mol. The minimum atomic E-state index is 0.000781. The standard InChI is InChI=1S/C27H29N5O2/c1-17(2)34-26-11-8-18(14-19(26)16-28)24-15-25(31-30-24)22-7-5-6-21-20(22)9-10-23(21)29-27(33)32-12-3-4-13-32/h5-8,11,14,17,23H,3-4,9-10,12-13,15H2,1-2H3,(H,29,33). The normalized spacial score (nSPS) is 19.0. The number of benzene rings is 2. The van der Waals surface area contributed by atoms with Gasteiger partial charge in [0.1, 0.15) is 11.8 Å². The molecule has 34 heavy (non-hydrogen) atoms. The molecule has 1 aliphatic carbocycles. The molecule has 7 nitrogen and oxygen atoms in total. The summed E-state index contributed by atoms with van der Waals surface area (Å²) in [6.45, 7) is 5.58. The van der Waals surface area contributed by atoms with Crippen LogP contribution in [0.4, 0.5) is 4.79 Å². The van der Waals surface area contributed by atoms with Crippen molar-refractivity contribution in [1.29, 1.82) is 5.26 Å². The van der Waals surface area contributed by atoms with E-state index in [2.05, 4.69) is 33.7 Å². The van der Waals surface area contributed by atoms with Crippen molar-refractivity contribution in [3.63, 3.8) is 0 Å². The number of nitrogens with zero attached hydrogens (tertiary/aromatic N) is 4. The third-order valence-corrected chi connectivity index (χ3v) is 6.69. The Morgan fingerprint density at radius 3 is 2.74 bits per heavy atom. The van der Waals surface area contributed by atoms with E-state index >= 15 is 0 Å². The summed E-state index contributed by atoms with van der Waals surface area (Å²) in [6.07, 6.45) is 4.59. The molecule has 1 N–H and O–H groups in total. The topological polar surface area (TPSA) is 90.1 Å². The van der Waals surface area contributed by atoms with E-state index in [9.17, 15) is 10.1 Å². The van der Waals surface area contributed by atoms with Gasteiger partial charge in [-0.1, -0.05) is 18.2 Å². The molecule has 1 unspecified atom stereocenters. The number of carbonyl (C=O) groups excluding carboxylic acids is 1. The Morgan fingerprint density at radius 2 is 1.97 bits per heavy atom. The van der Waals surface area contributed by atoms with Gasteiger partial charge in [0.2, 0.25) is 0 Å². The third kappa shape index (κ3) is 4.28. The number of nitriles is 1. The number of amides is 2. The van der Waals surface area contributed by atoms with Crippen molar-refractivity contribution in [2.24, 2.45) is 10.2 Å². The highest BCUT2D eigenvalue weighted by atomic mass is 16.5. The van der Waals surface area contributed by atoms with Crippen LogP contribution in [-0.2, 0) is 6.42 Å². The van der Waals surface area contributed by atoms with E-state index in [1.165, 1.54) is 11.1 Å². The molecule has 2 heterocycles. The Balaban J connectivity index is 1.31. The van der Waals surface area contributed by atoms with Gasteiger partial charge in [-0.25, -0.2) is 4.79 Å². The molecular weight excluding hydrogens is 426 g/mol. The monoisotopic (exact) mass is 455 g/mol. The van der Waals surface area contributed by atoms with Gasteiger partial charge < -0.3 is 15.0 Å². The zero-order valence-corrected chi connectivity index (χ0v) is 19.7. The van der Waals surface area contributed by atoms with Gasteiger partial charge in [0.05, 0.1) is 29.1 Å². The van der Waals surface area contributed by atoms with Crippen molar-refractivity contribution in [1.82, 2.24) is 10.2 Å². The van der Waals surface area contributed by atoms with Crippen LogP contribution >= 0.6 is 0 Å². The second-order valence-corrected chi connectivity index (χ2v) is 9.37. The van der Waals surface area contributed by atoms with E-state index < -0.39 is 0 Å². The van der Waals surface area contributed by atoms with E-state index in [-0.39, 0.29) is 18.2 Å². The highest BCUT2D eigenvalue weighted by Crippen LogP contribution is 2.35. The molecule has 1 atom stereocenters. The Hall–Kier alpha value is -3.66. The number of hydrogen-bond acceptors (Lipinski definition) is 5. The smallest absolute Gasteiger partial charge is 0.317 e. The quantitative estimate of drug-likeness (QED) is 0.706. The van der Waals surface area contributed by atoms with Gasteiger partial charge in [-0.2, -0.15) is 15.5 Å². The second-order valence-electron chi connectivity index (χ2n) is 9.37. The lowest BCUT2D eigenvalue weighted by Gasteiger charge is -2.21. The van der Waals surface area contributed by atoms with Crippen LogP contribution in [0.15, 0.2) is 46.6 Å². The minimum absolute atomic E-state index is 0.000781. The number of likely N-dealkylation sites (tertiary alicyclic amines) is 1. The van der Waals surface area contributed by atoms with E-state index in [4.69, 9.17) is 4.74 Å². The molecule has 0 saturated carbocycles. The lowest BCUT2D eigenvalue weighted by Crippen LogP contribution is -2.39. The molecule has 2 aliphatic heterocycles. The zero-order valence-electron chi connectivity index (χ0n) is 19.7. The molecular formula is C27H29N5O2. The highest BCUT2D eigenvalue weighted by Gasteiger charge is 2.30. The first kappa shape index (κ1) is 22.1. The molecule has 3 aliphatic rings. The lowest BCUT2D eigenvalue weighted by molar-refractivity contribution is 0.204. The maximum atomic E-state index is 12.6. The average Bonchev–Trinajstić information content (AvgIpc) is 3.60. The molecule has 2 aromatic rings. The van der Waals surface area contributed by atoms with Crippen LogP contribution in [0.2, 0.25) is 0 Å². The van der Waals surface area contributed by atoms with Crippen LogP contribution in [0.1, 0.15) is 73.4 Å². The van der Waals surface area contributed by atoms with E-state index in [1.807, 2.05) is 43.0 Å². The molecule has 0 aromatic heterocycles. The van der Waals surface area contributed by atoms with Crippen molar-refractivity contribution >= 4 is 17.5 Å². The summed E-state index contributed by atoms with van der Waals surface area (Å²) < 4.78 is 5.74. The molecule has 2 aromatic carbocycles. The predicted octanol–water partition coefficient (Wildman–Crippen LogP) is 4.74. The Kier molecular flexibility index (Phi) is 6.06. The Bertz CT molecular complexity index is 1220. The largest absolute Gasteiger partial charge is 0.490 e. The molecule has 0 spiro atoms.